The van der Waals surface area contributed by atoms with E-state index in [1.807, 2.05) is 12.1 Å². The van der Waals surface area contributed by atoms with Crippen molar-refractivity contribution in [2.75, 3.05) is 11.9 Å². The Labute approximate surface area is 121 Å². The predicted molar refractivity (Wildman–Crippen MR) is 81.8 cm³/mol. The van der Waals surface area contributed by atoms with E-state index >= 15 is 0 Å². The van der Waals surface area contributed by atoms with Crippen LogP contribution in [-0.2, 0) is 6.61 Å². The van der Waals surface area contributed by atoms with Crippen LogP contribution >= 0.6 is 11.6 Å². The van der Waals surface area contributed by atoms with Crippen molar-refractivity contribution in [1.82, 2.24) is 0 Å². The fourth-order valence-electron chi connectivity index (χ4n) is 3.17. The van der Waals surface area contributed by atoms with E-state index in [1.54, 1.807) is 0 Å². The molecule has 1 aromatic rings. The van der Waals surface area contributed by atoms with Gasteiger partial charge in [-0.2, -0.15) is 0 Å². The fraction of sp³-hybridized carbons (Fsp3) is 0.625. The molecule has 1 fully saturated rings. The molecule has 0 radical (unpaired) electrons. The Morgan fingerprint density at radius 2 is 1.95 bits per heavy atom. The van der Waals surface area contributed by atoms with Gasteiger partial charge in [-0.05, 0) is 43.7 Å². The Hall–Kier alpha value is -0.730. The van der Waals surface area contributed by atoms with Crippen molar-refractivity contribution in [3.63, 3.8) is 0 Å². The number of anilines is 1. The molecule has 0 spiro atoms. The van der Waals surface area contributed by atoms with Crippen molar-refractivity contribution in [2.45, 2.75) is 51.7 Å². The number of halogens is 1. The molecule has 0 saturated heterocycles. The molecule has 0 bridgehead atoms. The summed E-state index contributed by atoms with van der Waals surface area (Å²) < 4.78 is 0. The summed E-state index contributed by atoms with van der Waals surface area (Å²) in [5, 5.41) is 10.2. The van der Waals surface area contributed by atoms with E-state index in [-0.39, 0.29) is 6.61 Å². The van der Waals surface area contributed by atoms with E-state index in [1.165, 1.54) is 32.1 Å². The molecule has 0 aliphatic heterocycles. The van der Waals surface area contributed by atoms with E-state index < -0.39 is 0 Å². The van der Waals surface area contributed by atoms with Crippen molar-refractivity contribution in [3.05, 3.63) is 28.8 Å². The maximum atomic E-state index is 9.52. The fourth-order valence-corrected chi connectivity index (χ4v) is 3.40. The van der Waals surface area contributed by atoms with Gasteiger partial charge in [-0.15, -0.1) is 0 Å². The van der Waals surface area contributed by atoms with Gasteiger partial charge in [0.2, 0.25) is 0 Å². The molecular formula is C16H24ClNO. The minimum absolute atomic E-state index is 0.00362. The van der Waals surface area contributed by atoms with Crippen molar-refractivity contribution in [2.24, 2.45) is 5.92 Å². The zero-order valence-corrected chi connectivity index (χ0v) is 12.7. The summed E-state index contributed by atoms with van der Waals surface area (Å²) in [6, 6.07) is 6.44. The van der Waals surface area contributed by atoms with E-state index in [2.05, 4.69) is 24.9 Å². The van der Waals surface area contributed by atoms with Gasteiger partial charge >= 0.3 is 0 Å². The lowest BCUT2D eigenvalue weighted by Crippen LogP contribution is -2.35. The second-order valence-corrected chi connectivity index (χ2v) is 6.00. The van der Waals surface area contributed by atoms with Gasteiger partial charge in [0.05, 0.1) is 6.61 Å². The van der Waals surface area contributed by atoms with Crippen molar-refractivity contribution < 1.29 is 5.11 Å². The highest BCUT2D eigenvalue weighted by molar-refractivity contribution is 6.31. The van der Waals surface area contributed by atoms with Crippen LogP contribution in [0.1, 0.15) is 44.6 Å². The third-order valence-electron chi connectivity index (χ3n) is 4.57. The molecule has 0 aromatic heterocycles. The summed E-state index contributed by atoms with van der Waals surface area (Å²) >= 11 is 6.17. The summed E-state index contributed by atoms with van der Waals surface area (Å²) in [6.07, 6.45) is 6.43. The summed E-state index contributed by atoms with van der Waals surface area (Å²) in [5.41, 5.74) is 1.93. The van der Waals surface area contributed by atoms with Crippen LogP contribution in [0.4, 0.5) is 5.69 Å². The van der Waals surface area contributed by atoms with Crippen LogP contribution in [0.2, 0.25) is 5.02 Å². The van der Waals surface area contributed by atoms with Crippen molar-refractivity contribution in [1.29, 1.82) is 0 Å². The Kier molecular flexibility index (Phi) is 5.12. The molecule has 1 aliphatic rings. The topological polar surface area (TPSA) is 23.5 Å². The van der Waals surface area contributed by atoms with Gasteiger partial charge in [0.25, 0.3) is 0 Å². The number of nitrogens with zero attached hydrogens (tertiary/aromatic N) is 1. The maximum absolute atomic E-state index is 9.52. The molecule has 0 unspecified atom stereocenters. The number of hydrogen-bond acceptors (Lipinski definition) is 2. The minimum atomic E-state index is 0.00362. The molecule has 1 N–H and O–H groups in total. The highest BCUT2D eigenvalue weighted by Gasteiger charge is 2.24. The van der Waals surface area contributed by atoms with Gasteiger partial charge in [-0.25, -0.2) is 0 Å². The van der Waals surface area contributed by atoms with E-state index in [9.17, 15) is 5.11 Å². The Bertz CT molecular complexity index is 413. The monoisotopic (exact) mass is 281 g/mol. The lowest BCUT2D eigenvalue weighted by Gasteiger charge is -2.36. The van der Waals surface area contributed by atoms with Gasteiger partial charge in [0.1, 0.15) is 0 Å². The van der Waals surface area contributed by atoms with Gasteiger partial charge < -0.3 is 10.0 Å². The smallest absolute Gasteiger partial charge is 0.0716 e. The number of rotatable bonds is 4. The molecular weight excluding hydrogens is 258 g/mol. The summed E-state index contributed by atoms with van der Waals surface area (Å²) in [7, 11) is 2.13. The molecule has 3 heteroatoms. The standard InChI is InChI=1S/C16H24ClNO/c1-3-12-7-9-13(10-8-12)18(2)16-6-4-5-15(17)14(16)11-19/h4-6,12-13,19H,3,7-11H2,1-2H3. The quantitative estimate of drug-likeness (QED) is 0.892. The highest BCUT2D eigenvalue weighted by atomic mass is 35.5. The molecule has 1 aliphatic carbocycles. The van der Waals surface area contributed by atoms with Crippen LogP contribution in [-0.4, -0.2) is 18.2 Å². The first-order valence-electron chi connectivity index (χ1n) is 7.28. The van der Waals surface area contributed by atoms with Crippen LogP contribution in [0.3, 0.4) is 0 Å². The lowest BCUT2D eigenvalue weighted by molar-refractivity contribution is 0.280. The Morgan fingerprint density at radius 3 is 2.53 bits per heavy atom. The van der Waals surface area contributed by atoms with Crippen LogP contribution in [0.15, 0.2) is 18.2 Å². The lowest BCUT2D eigenvalue weighted by atomic mass is 9.84. The van der Waals surface area contributed by atoms with Crippen LogP contribution < -0.4 is 4.90 Å². The maximum Gasteiger partial charge on any atom is 0.0716 e. The van der Waals surface area contributed by atoms with E-state index in [0.29, 0.717) is 11.1 Å². The average Bonchev–Trinajstić information content (AvgIpc) is 2.46. The van der Waals surface area contributed by atoms with Gasteiger partial charge in [-0.1, -0.05) is 31.0 Å². The van der Waals surface area contributed by atoms with Crippen LogP contribution in [0.5, 0.6) is 0 Å². The van der Waals surface area contributed by atoms with E-state index in [4.69, 9.17) is 11.6 Å². The zero-order valence-electron chi connectivity index (χ0n) is 11.9. The first-order chi connectivity index (χ1) is 9.17. The van der Waals surface area contributed by atoms with Crippen molar-refractivity contribution >= 4 is 17.3 Å². The summed E-state index contributed by atoms with van der Waals surface area (Å²) in [5.74, 6) is 0.904. The average molecular weight is 282 g/mol. The molecule has 2 nitrogen and oxygen atoms in total. The van der Waals surface area contributed by atoms with Crippen molar-refractivity contribution in [3.8, 4) is 0 Å². The molecule has 2 rings (SSSR count). The molecule has 0 amide bonds. The molecule has 19 heavy (non-hydrogen) atoms. The largest absolute Gasteiger partial charge is 0.392 e. The van der Waals surface area contributed by atoms with Gasteiger partial charge in [0.15, 0.2) is 0 Å². The number of hydrogen-bond donors (Lipinski definition) is 1. The minimum Gasteiger partial charge on any atom is -0.392 e. The number of aliphatic hydroxyl groups excluding tert-OH is 1. The third-order valence-corrected chi connectivity index (χ3v) is 4.93. The zero-order chi connectivity index (χ0) is 13.8. The molecule has 1 aromatic carbocycles. The SMILES string of the molecule is CCC1CCC(N(C)c2cccc(Cl)c2CO)CC1. The van der Waals surface area contributed by atoms with Crippen LogP contribution in [0.25, 0.3) is 0 Å². The second-order valence-electron chi connectivity index (χ2n) is 5.59. The first kappa shape index (κ1) is 14.7. The summed E-state index contributed by atoms with van der Waals surface area (Å²) in [6.45, 7) is 2.29. The third kappa shape index (κ3) is 3.24. The molecule has 0 atom stereocenters. The Balaban J connectivity index is 2.12. The first-order valence-corrected chi connectivity index (χ1v) is 7.66. The molecule has 0 heterocycles. The number of benzene rings is 1. The normalized spacial score (nSPS) is 23.4. The number of aliphatic hydroxyl groups is 1. The van der Waals surface area contributed by atoms with Gasteiger partial charge in [0, 0.05) is 29.4 Å². The van der Waals surface area contributed by atoms with E-state index in [0.717, 1.165) is 17.2 Å². The molecule has 106 valence electrons. The van der Waals surface area contributed by atoms with Crippen LogP contribution in [0, 0.1) is 5.92 Å². The Morgan fingerprint density at radius 1 is 1.26 bits per heavy atom. The molecule has 1 saturated carbocycles. The second kappa shape index (κ2) is 6.62. The summed E-state index contributed by atoms with van der Waals surface area (Å²) in [4.78, 5) is 2.31. The van der Waals surface area contributed by atoms with Gasteiger partial charge in [-0.3, -0.25) is 0 Å². The predicted octanol–water partition coefficient (Wildman–Crippen LogP) is 4.24. The highest BCUT2D eigenvalue weighted by Crippen LogP contribution is 2.34.